The van der Waals surface area contributed by atoms with E-state index in [1.165, 1.54) is 24.9 Å². The van der Waals surface area contributed by atoms with Crippen molar-refractivity contribution in [2.45, 2.75) is 32.4 Å². The molecule has 6 nitrogen and oxygen atoms in total. The molecular weight excluding hydrogens is 485 g/mol. The number of morpholine rings is 1. The van der Waals surface area contributed by atoms with Crippen LogP contribution in [0.2, 0.25) is 0 Å². The van der Waals surface area contributed by atoms with Crippen molar-refractivity contribution in [3.8, 4) is 0 Å². The fourth-order valence-corrected chi connectivity index (χ4v) is 5.29. The van der Waals surface area contributed by atoms with Gasteiger partial charge in [-0.25, -0.2) is 0 Å². The number of hydrogen-bond acceptors (Lipinski definition) is 5. The van der Waals surface area contributed by atoms with E-state index in [0.29, 0.717) is 6.04 Å². The predicted molar refractivity (Wildman–Crippen MR) is 127 cm³/mol. The van der Waals surface area contributed by atoms with Gasteiger partial charge in [-0.3, -0.25) is 14.8 Å². The van der Waals surface area contributed by atoms with E-state index in [1.807, 2.05) is 11.3 Å². The average molecular weight is 519 g/mol. The van der Waals surface area contributed by atoms with Crippen LogP contribution in [0, 0.1) is 0 Å². The molecular formula is C20H34IN5OS. The van der Waals surface area contributed by atoms with Crippen LogP contribution in [0.4, 0.5) is 0 Å². The number of aliphatic imine (C=N–C) groups is 1. The maximum atomic E-state index is 5.50. The summed E-state index contributed by atoms with van der Waals surface area (Å²) in [7, 11) is 0. The Morgan fingerprint density at radius 1 is 1.29 bits per heavy atom. The molecule has 8 heteroatoms. The molecule has 1 unspecified atom stereocenters. The lowest BCUT2D eigenvalue weighted by atomic mass is 10.1. The van der Waals surface area contributed by atoms with Gasteiger partial charge in [0.25, 0.3) is 0 Å². The molecule has 1 aromatic heterocycles. The van der Waals surface area contributed by atoms with E-state index >= 15 is 0 Å². The molecule has 3 aliphatic heterocycles. The smallest absolute Gasteiger partial charge is 0.194 e. The van der Waals surface area contributed by atoms with E-state index in [9.17, 15) is 0 Å². The van der Waals surface area contributed by atoms with Crippen LogP contribution >= 0.6 is 35.3 Å². The molecule has 0 radical (unpaired) electrons. The normalized spacial score (nSPS) is 24.1. The largest absolute Gasteiger partial charge is 0.379 e. The Bertz CT molecular complexity index is 634. The number of nitrogens with one attached hydrogen (secondary N) is 1. The van der Waals surface area contributed by atoms with Crippen molar-refractivity contribution in [1.82, 2.24) is 20.0 Å². The highest BCUT2D eigenvalue weighted by atomic mass is 127. The maximum Gasteiger partial charge on any atom is 0.194 e. The van der Waals surface area contributed by atoms with Gasteiger partial charge < -0.3 is 15.0 Å². The van der Waals surface area contributed by atoms with Gasteiger partial charge in [-0.2, -0.15) is 0 Å². The summed E-state index contributed by atoms with van der Waals surface area (Å²) in [6, 6.07) is 2.94. The highest BCUT2D eigenvalue weighted by Gasteiger charge is 2.30. The number of halogens is 1. The van der Waals surface area contributed by atoms with Crippen LogP contribution in [-0.4, -0.2) is 92.3 Å². The zero-order valence-corrected chi connectivity index (χ0v) is 20.1. The first-order valence-corrected chi connectivity index (χ1v) is 11.3. The number of ether oxygens (including phenoxy) is 1. The van der Waals surface area contributed by atoms with Crippen LogP contribution in [0.25, 0.3) is 0 Å². The minimum Gasteiger partial charge on any atom is -0.379 e. The Hall–Kier alpha value is -0.420. The first-order chi connectivity index (χ1) is 13.3. The van der Waals surface area contributed by atoms with E-state index in [1.54, 1.807) is 4.88 Å². The fourth-order valence-electron chi connectivity index (χ4n) is 4.40. The van der Waals surface area contributed by atoms with Gasteiger partial charge in [0.2, 0.25) is 0 Å². The summed E-state index contributed by atoms with van der Waals surface area (Å²) in [5.41, 5.74) is 1.52. The molecule has 4 rings (SSSR count). The zero-order valence-electron chi connectivity index (χ0n) is 16.9. The Morgan fingerprint density at radius 2 is 2.14 bits per heavy atom. The van der Waals surface area contributed by atoms with E-state index in [-0.39, 0.29) is 24.0 Å². The Kier molecular flexibility index (Phi) is 8.83. The van der Waals surface area contributed by atoms with E-state index in [0.717, 1.165) is 71.5 Å². The lowest BCUT2D eigenvalue weighted by Crippen LogP contribution is -2.46. The molecule has 3 aliphatic rings. The van der Waals surface area contributed by atoms with Crippen LogP contribution in [0.1, 0.15) is 23.8 Å². The topological polar surface area (TPSA) is 43.3 Å². The number of likely N-dealkylation sites (tertiary alicyclic amines) is 1. The molecule has 1 N–H and O–H groups in total. The molecule has 0 amide bonds. The molecule has 1 atom stereocenters. The molecule has 0 bridgehead atoms. The molecule has 4 heterocycles. The second kappa shape index (κ2) is 11.1. The summed E-state index contributed by atoms with van der Waals surface area (Å²) in [6.07, 6.45) is 2.43. The van der Waals surface area contributed by atoms with Crippen molar-refractivity contribution in [3.63, 3.8) is 0 Å². The number of thiophene rings is 1. The molecule has 28 heavy (non-hydrogen) atoms. The minimum absolute atomic E-state index is 0. The Morgan fingerprint density at radius 3 is 2.96 bits per heavy atom. The first kappa shape index (κ1) is 22.3. The van der Waals surface area contributed by atoms with Gasteiger partial charge in [0, 0.05) is 63.3 Å². The third-order valence-corrected chi connectivity index (χ3v) is 6.95. The predicted octanol–water partition coefficient (Wildman–Crippen LogP) is 2.10. The third-order valence-electron chi connectivity index (χ3n) is 5.92. The number of rotatable bonds is 5. The highest BCUT2D eigenvalue weighted by Crippen LogP contribution is 2.23. The highest BCUT2D eigenvalue weighted by molar-refractivity contribution is 14.0. The van der Waals surface area contributed by atoms with Crippen molar-refractivity contribution in [3.05, 3.63) is 21.9 Å². The van der Waals surface area contributed by atoms with Crippen LogP contribution in [-0.2, 0) is 17.7 Å². The third kappa shape index (κ3) is 5.59. The van der Waals surface area contributed by atoms with Crippen LogP contribution in [0.15, 0.2) is 16.4 Å². The van der Waals surface area contributed by atoms with E-state index in [4.69, 9.17) is 9.73 Å². The van der Waals surface area contributed by atoms with Gasteiger partial charge in [-0.05, 0) is 36.8 Å². The Balaban J connectivity index is 0.00000225. The van der Waals surface area contributed by atoms with Gasteiger partial charge in [0.05, 0.1) is 19.8 Å². The second-order valence-corrected chi connectivity index (χ2v) is 8.67. The first-order valence-electron chi connectivity index (χ1n) is 10.5. The monoisotopic (exact) mass is 519 g/mol. The van der Waals surface area contributed by atoms with Gasteiger partial charge in [-0.1, -0.05) is 0 Å². The molecule has 0 aromatic carbocycles. The molecule has 2 fully saturated rings. The van der Waals surface area contributed by atoms with E-state index < -0.39 is 0 Å². The van der Waals surface area contributed by atoms with Crippen molar-refractivity contribution >= 4 is 41.3 Å². The Labute approximate surface area is 190 Å². The van der Waals surface area contributed by atoms with Crippen molar-refractivity contribution in [1.29, 1.82) is 0 Å². The van der Waals surface area contributed by atoms with E-state index in [2.05, 4.69) is 38.4 Å². The fraction of sp³-hybridized carbons (Fsp3) is 0.750. The quantitative estimate of drug-likeness (QED) is 0.367. The molecule has 0 aliphatic carbocycles. The summed E-state index contributed by atoms with van der Waals surface area (Å²) in [6.45, 7) is 13.4. The lowest BCUT2D eigenvalue weighted by molar-refractivity contribution is 0.0195. The number of fused-ring (bicyclic) bond motifs is 1. The lowest BCUT2D eigenvalue weighted by Gasteiger charge is -2.32. The molecule has 0 saturated carbocycles. The minimum atomic E-state index is 0. The number of hydrogen-bond donors (Lipinski definition) is 1. The molecule has 0 spiro atoms. The SMILES string of the molecule is CCNC(=NCCN1CCc2sccc2C1)N1CCC(N2CCOCC2)C1.I. The van der Waals surface area contributed by atoms with Crippen molar-refractivity contribution in [2.75, 3.05) is 65.6 Å². The van der Waals surface area contributed by atoms with Gasteiger partial charge >= 0.3 is 0 Å². The van der Waals surface area contributed by atoms with Crippen LogP contribution in [0.5, 0.6) is 0 Å². The second-order valence-electron chi connectivity index (χ2n) is 7.67. The van der Waals surface area contributed by atoms with Gasteiger partial charge in [0.1, 0.15) is 0 Å². The number of guanidine groups is 1. The average Bonchev–Trinajstić information content (AvgIpc) is 3.37. The zero-order chi connectivity index (χ0) is 18.5. The molecule has 1 aromatic rings. The standard InChI is InChI=1S/C20H33N5OS.HI/c1-2-21-20(25-8-3-18(16-25)24-10-12-26-13-11-24)22-6-9-23-7-4-19-17(15-23)5-14-27-19;/h5,14,18H,2-4,6-13,15-16H2,1H3,(H,21,22);1H. The molecule has 158 valence electrons. The maximum absolute atomic E-state index is 5.50. The van der Waals surface area contributed by atoms with Gasteiger partial charge in [-0.15, -0.1) is 35.3 Å². The number of nitrogens with zero attached hydrogens (tertiary/aromatic N) is 4. The molecule has 2 saturated heterocycles. The summed E-state index contributed by atoms with van der Waals surface area (Å²) >= 11 is 1.91. The van der Waals surface area contributed by atoms with Gasteiger partial charge in [0.15, 0.2) is 5.96 Å². The van der Waals surface area contributed by atoms with Crippen LogP contribution in [0.3, 0.4) is 0 Å². The summed E-state index contributed by atoms with van der Waals surface area (Å²) < 4.78 is 5.50. The van der Waals surface area contributed by atoms with Crippen LogP contribution < -0.4 is 5.32 Å². The summed E-state index contributed by atoms with van der Waals surface area (Å²) in [5.74, 6) is 1.10. The summed E-state index contributed by atoms with van der Waals surface area (Å²) in [4.78, 5) is 14.1. The summed E-state index contributed by atoms with van der Waals surface area (Å²) in [5, 5.41) is 5.74. The van der Waals surface area contributed by atoms with Crippen molar-refractivity contribution in [2.24, 2.45) is 4.99 Å². The van der Waals surface area contributed by atoms with Crippen molar-refractivity contribution < 1.29 is 4.74 Å².